The number of nitrogens with zero attached hydrogens (tertiary/aromatic N) is 4. The van der Waals surface area contributed by atoms with Crippen molar-refractivity contribution >= 4 is 15.7 Å². The van der Waals surface area contributed by atoms with Crippen molar-refractivity contribution in [1.29, 1.82) is 0 Å². The molecular weight excluding hydrogens is 486 g/mol. The summed E-state index contributed by atoms with van der Waals surface area (Å²) in [5.74, 6) is 0.472. The summed E-state index contributed by atoms with van der Waals surface area (Å²) in [5, 5.41) is 4.18. The Hall–Kier alpha value is -3.82. The van der Waals surface area contributed by atoms with Crippen LogP contribution >= 0.6 is 0 Å². The molecule has 0 aliphatic carbocycles. The van der Waals surface area contributed by atoms with Crippen LogP contribution in [0.5, 0.6) is 0 Å². The molecule has 190 valence electrons. The van der Waals surface area contributed by atoms with Gasteiger partial charge < -0.3 is 5.73 Å². The van der Waals surface area contributed by atoms with Gasteiger partial charge in [0.1, 0.15) is 5.82 Å². The monoisotopic (exact) mass is 515 g/mol. The van der Waals surface area contributed by atoms with Gasteiger partial charge >= 0.3 is 0 Å². The molecule has 1 aliphatic rings. The van der Waals surface area contributed by atoms with Gasteiger partial charge in [-0.2, -0.15) is 0 Å². The lowest BCUT2D eigenvalue weighted by Gasteiger charge is -2.26. The molecule has 2 N–H and O–H groups in total. The first kappa shape index (κ1) is 24.9. The number of carbonyl (C=O) groups excluding carboxylic acids is 1. The zero-order valence-electron chi connectivity index (χ0n) is 20.7. The van der Waals surface area contributed by atoms with Gasteiger partial charge in [-0.25, -0.2) is 18.1 Å². The second-order valence-electron chi connectivity index (χ2n) is 9.42. The lowest BCUT2D eigenvalue weighted by molar-refractivity contribution is 0.0990. The molecule has 1 aromatic heterocycles. The molecule has 0 atom stereocenters. The van der Waals surface area contributed by atoms with Gasteiger partial charge in [0.25, 0.3) is 5.91 Å². The molecule has 4 aromatic rings. The van der Waals surface area contributed by atoms with Crippen molar-refractivity contribution in [3.63, 3.8) is 0 Å². The molecule has 9 heteroatoms. The number of hydrogen-bond donors (Lipinski definition) is 1. The first-order valence-corrected chi connectivity index (χ1v) is 14.0. The number of sulfone groups is 1. The lowest BCUT2D eigenvalue weighted by atomic mass is 9.99. The highest BCUT2D eigenvalue weighted by Gasteiger charge is 2.21. The van der Waals surface area contributed by atoms with Gasteiger partial charge in [-0.3, -0.25) is 9.69 Å². The first-order valence-electron chi connectivity index (χ1n) is 12.2. The number of carbonyl (C=O) groups is 1. The molecule has 1 saturated heterocycles. The highest BCUT2D eigenvalue weighted by Crippen LogP contribution is 2.23. The van der Waals surface area contributed by atoms with Crippen LogP contribution in [0.2, 0.25) is 0 Å². The minimum atomic E-state index is -2.85. The van der Waals surface area contributed by atoms with E-state index >= 15 is 0 Å². The summed E-state index contributed by atoms with van der Waals surface area (Å²) in [4.78, 5) is 17.6. The summed E-state index contributed by atoms with van der Waals surface area (Å²) in [6.07, 6.45) is 0.800. The van der Waals surface area contributed by atoms with Gasteiger partial charge in [0, 0.05) is 19.6 Å². The lowest BCUT2D eigenvalue weighted by Crippen LogP contribution is -2.39. The fraction of sp³-hybridized carbons (Fsp3) is 0.250. The maximum atomic E-state index is 11.6. The Morgan fingerprint density at radius 3 is 1.86 bits per heavy atom. The number of amides is 1. The van der Waals surface area contributed by atoms with Crippen LogP contribution in [0.4, 0.5) is 0 Å². The average Bonchev–Trinajstić information content (AvgIpc) is 3.29. The third-order valence-corrected chi connectivity index (χ3v) is 8.27. The van der Waals surface area contributed by atoms with E-state index in [0.717, 1.165) is 29.8 Å². The van der Waals surface area contributed by atoms with Crippen LogP contribution in [0.1, 0.15) is 33.1 Å². The van der Waals surface area contributed by atoms with Crippen LogP contribution in [0.3, 0.4) is 0 Å². The minimum Gasteiger partial charge on any atom is -0.363 e. The Morgan fingerprint density at radius 1 is 0.838 bits per heavy atom. The SMILES string of the molecule is Cc1nc(C(N)=O)nn1-c1ccc(Cc2ccc(-c3ccc(CN4CCS(=O)(=O)CC4)cc3)cc2)cc1. The van der Waals surface area contributed by atoms with Gasteiger partial charge in [-0.15, -0.1) is 5.10 Å². The molecule has 0 saturated carbocycles. The maximum Gasteiger partial charge on any atom is 0.288 e. The zero-order valence-corrected chi connectivity index (χ0v) is 21.5. The Bertz CT molecular complexity index is 1500. The standard InChI is InChI=1S/C28H29N5O3S/c1-20-30-28(27(29)34)31-33(20)26-12-6-22(7-13-26)18-21-2-8-24(9-3-21)25-10-4-23(5-11-25)19-32-14-16-37(35,36)17-15-32/h2-13H,14-19H2,1H3,(H2,29,34). The van der Waals surface area contributed by atoms with E-state index in [1.807, 2.05) is 24.3 Å². The fourth-order valence-electron chi connectivity index (χ4n) is 4.51. The van der Waals surface area contributed by atoms with Crippen LogP contribution in [0, 0.1) is 6.92 Å². The van der Waals surface area contributed by atoms with E-state index in [-0.39, 0.29) is 17.3 Å². The molecule has 37 heavy (non-hydrogen) atoms. The molecule has 2 heterocycles. The Labute approximate surface area is 216 Å². The molecule has 8 nitrogen and oxygen atoms in total. The average molecular weight is 516 g/mol. The third kappa shape index (κ3) is 5.95. The van der Waals surface area contributed by atoms with Crippen molar-refractivity contribution in [2.45, 2.75) is 19.9 Å². The normalized spacial score (nSPS) is 15.5. The van der Waals surface area contributed by atoms with Gasteiger partial charge in [-0.05, 0) is 53.3 Å². The van der Waals surface area contributed by atoms with Crippen molar-refractivity contribution in [2.75, 3.05) is 24.6 Å². The van der Waals surface area contributed by atoms with Gasteiger partial charge in [0.15, 0.2) is 9.84 Å². The molecule has 1 amide bonds. The maximum absolute atomic E-state index is 11.6. The highest BCUT2D eigenvalue weighted by molar-refractivity contribution is 7.91. The van der Waals surface area contributed by atoms with E-state index in [0.29, 0.717) is 18.9 Å². The minimum absolute atomic E-state index is 0.0101. The second kappa shape index (κ2) is 10.3. The topological polar surface area (TPSA) is 111 Å². The molecule has 1 fully saturated rings. The predicted octanol–water partition coefficient (Wildman–Crippen LogP) is 3.16. The van der Waals surface area contributed by atoms with Crippen LogP contribution in [0.25, 0.3) is 16.8 Å². The summed E-state index contributed by atoms with van der Waals surface area (Å²) in [6, 6.07) is 25.1. The molecule has 0 unspecified atom stereocenters. The molecule has 0 spiro atoms. The van der Waals surface area contributed by atoms with Crippen LogP contribution in [-0.2, 0) is 22.8 Å². The quantitative estimate of drug-likeness (QED) is 0.405. The van der Waals surface area contributed by atoms with Crippen molar-refractivity contribution in [3.8, 4) is 16.8 Å². The molecule has 0 radical (unpaired) electrons. The second-order valence-corrected chi connectivity index (χ2v) is 11.7. The van der Waals surface area contributed by atoms with E-state index in [1.54, 1.807) is 11.6 Å². The number of hydrogen-bond acceptors (Lipinski definition) is 6. The summed E-state index contributed by atoms with van der Waals surface area (Å²) >= 11 is 0. The number of rotatable bonds is 7. The Morgan fingerprint density at radius 2 is 1.35 bits per heavy atom. The van der Waals surface area contributed by atoms with Crippen molar-refractivity contribution < 1.29 is 13.2 Å². The molecule has 1 aliphatic heterocycles. The summed E-state index contributed by atoms with van der Waals surface area (Å²) in [6.45, 7) is 3.76. The Kier molecular flexibility index (Phi) is 6.90. The van der Waals surface area contributed by atoms with Crippen LogP contribution in [-0.4, -0.2) is 58.6 Å². The highest BCUT2D eigenvalue weighted by atomic mass is 32.2. The van der Waals surface area contributed by atoms with Crippen molar-refractivity contribution in [2.24, 2.45) is 5.73 Å². The Balaban J connectivity index is 1.20. The smallest absolute Gasteiger partial charge is 0.288 e. The molecule has 3 aromatic carbocycles. The van der Waals surface area contributed by atoms with Crippen LogP contribution in [0.15, 0.2) is 72.8 Å². The molecule has 0 bridgehead atoms. The van der Waals surface area contributed by atoms with Crippen LogP contribution < -0.4 is 5.73 Å². The summed E-state index contributed by atoms with van der Waals surface area (Å²) in [7, 11) is -2.85. The van der Waals surface area contributed by atoms with Crippen molar-refractivity contribution in [1.82, 2.24) is 19.7 Å². The van der Waals surface area contributed by atoms with Gasteiger partial charge in [0.05, 0.1) is 17.2 Å². The first-order chi connectivity index (χ1) is 17.8. The number of primary amides is 1. The number of nitrogens with two attached hydrogens (primary N) is 1. The number of aromatic nitrogens is 3. The summed E-state index contributed by atoms with van der Waals surface area (Å²) in [5.41, 5.74) is 12.0. The van der Waals surface area contributed by atoms with E-state index in [4.69, 9.17) is 5.73 Å². The largest absolute Gasteiger partial charge is 0.363 e. The number of benzene rings is 3. The molecule has 5 rings (SSSR count). The number of aryl methyl sites for hydroxylation is 1. The molecular formula is C28H29N5O3S. The van der Waals surface area contributed by atoms with Gasteiger partial charge in [-0.1, -0.05) is 60.7 Å². The fourth-order valence-corrected chi connectivity index (χ4v) is 5.79. The predicted molar refractivity (Wildman–Crippen MR) is 143 cm³/mol. The zero-order chi connectivity index (χ0) is 26.0. The van der Waals surface area contributed by atoms with E-state index in [9.17, 15) is 13.2 Å². The van der Waals surface area contributed by atoms with E-state index in [1.165, 1.54) is 16.7 Å². The van der Waals surface area contributed by atoms with E-state index < -0.39 is 15.7 Å². The van der Waals surface area contributed by atoms with E-state index in [2.05, 4.69) is 63.5 Å². The summed E-state index contributed by atoms with van der Waals surface area (Å²) < 4.78 is 24.9. The van der Waals surface area contributed by atoms with Crippen molar-refractivity contribution in [3.05, 3.63) is 101 Å². The van der Waals surface area contributed by atoms with Gasteiger partial charge in [0.2, 0.25) is 5.82 Å². The third-order valence-electron chi connectivity index (χ3n) is 6.66.